The van der Waals surface area contributed by atoms with E-state index in [1.54, 1.807) is 13.0 Å². The molecule has 4 nitrogen and oxygen atoms in total. The molecule has 2 atom stereocenters. The van der Waals surface area contributed by atoms with Crippen LogP contribution in [0, 0.1) is 25.2 Å². The van der Waals surface area contributed by atoms with Crippen molar-refractivity contribution in [1.29, 1.82) is 0 Å². The number of pyridine rings is 1. The van der Waals surface area contributed by atoms with Crippen molar-refractivity contribution < 1.29 is 9.90 Å². The highest BCUT2D eigenvalue weighted by Gasteiger charge is 2.44. The first-order valence-corrected chi connectivity index (χ1v) is 6.65. The van der Waals surface area contributed by atoms with Gasteiger partial charge in [-0.3, -0.25) is 4.79 Å². The Balaban J connectivity index is 2.70. The summed E-state index contributed by atoms with van der Waals surface area (Å²) in [6.45, 7) is 7.49. The molecular formula is C16H20N2O2. The van der Waals surface area contributed by atoms with Crippen molar-refractivity contribution >= 4 is 17.4 Å². The standard InChI is InChI=1S/C16H20N2O2/c1-9-8-13(17)18-11(3)14(9)12-7-5-6-10(2)16(12,4)15(19)20/h5-8,10H,1-4H3,(H2,17,18)(H,19,20). The molecule has 0 bridgehead atoms. The van der Waals surface area contributed by atoms with Crippen LogP contribution in [0.5, 0.6) is 0 Å². The van der Waals surface area contributed by atoms with Gasteiger partial charge < -0.3 is 10.8 Å². The number of aromatic nitrogens is 1. The van der Waals surface area contributed by atoms with E-state index in [2.05, 4.69) is 4.98 Å². The lowest BCUT2D eigenvalue weighted by Crippen LogP contribution is -2.36. The molecule has 20 heavy (non-hydrogen) atoms. The van der Waals surface area contributed by atoms with Crippen LogP contribution in [0.3, 0.4) is 0 Å². The molecule has 0 fully saturated rings. The molecular weight excluding hydrogens is 252 g/mol. The van der Waals surface area contributed by atoms with Gasteiger partial charge in [-0.1, -0.05) is 25.2 Å². The van der Waals surface area contributed by atoms with E-state index in [0.29, 0.717) is 5.82 Å². The lowest BCUT2D eigenvalue weighted by molar-refractivity contribution is -0.146. The number of aryl methyl sites for hydroxylation is 2. The maximum absolute atomic E-state index is 11.8. The summed E-state index contributed by atoms with van der Waals surface area (Å²) in [5, 5.41) is 9.72. The van der Waals surface area contributed by atoms with E-state index in [1.807, 2.05) is 39.0 Å². The fraction of sp³-hybridized carbons (Fsp3) is 0.375. The van der Waals surface area contributed by atoms with Crippen LogP contribution >= 0.6 is 0 Å². The SMILES string of the molecule is Cc1cc(N)nc(C)c1C1=CC=CC(C)C1(C)C(=O)O. The lowest BCUT2D eigenvalue weighted by Gasteiger charge is -2.35. The van der Waals surface area contributed by atoms with Crippen LogP contribution in [0.2, 0.25) is 0 Å². The van der Waals surface area contributed by atoms with Crippen molar-refractivity contribution in [3.05, 3.63) is 41.1 Å². The van der Waals surface area contributed by atoms with Crippen LogP contribution in [0.4, 0.5) is 5.82 Å². The zero-order chi connectivity index (χ0) is 15.1. The second-order valence-electron chi connectivity index (χ2n) is 5.59. The number of aliphatic carboxylic acids is 1. The van der Waals surface area contributed by atoms with Gasteiger partial charge in [0.2, 0.25) is 0 Å². The van der Waals surface area contributed by atoms with Crippen LogP contribution in [-0.4, -0.2) is 16.1 Å². The van der Waals surface area contributed by atoms with Crippen molar-refractivity contribution in [3.63, 3.8) is 0 Å². The van der Waals surface area contributed by atoms with Gasteiger partial charge in [-0.05, 0) is 43.9 Å². The first-order chi connectivity index (χ1) is 9.28. The number of nitrogens with zero attached hydrogens (tertiary/aromatic N) is 1. The molecule has 4 heteroatoms. The summed E-state index contributed by atoms with van der Waals surface area (Å²) in [5.74, 6) is -0.451. The summed E-state index contributed by atoms with van der Waals surface area (Å²) in [7, 11) is 0. The molecule has 3 N–H and O–H groups in total. The molecule has 106 valence electrons. The van der Waals surface area contributed by atoms with Gasteiger partial charge in [-0.25, -0.2) is 4.98 Å². The molecule has 1 aliphatic rings. The molecule has 0 amide bonds. The zero-order valence-corrected chi connectivity index (χ0v) is 12.3. The van der Waals surface area contributed by atoms with E-state index < -0.39 is 11.4 Å². The van der Waals surface area contributed by atoms with Crippen LogP contribution in [0.1, 0.15) is 30.7 Å². The van der Waals surface area contributed by atoms with Gasteiger partial charge >= 0.3 is 5.97 Å². The number of carboxylic acids is 1. The smallest absolute Gasteiger partial charge is 0.314 e. The van der Waals surface area contributed by atoms with Crippen molar-refractivity contribution in [3.8, 4) is 0 Å². The Labute approximate surface area is 119 Å². The van der Waals surface area contributed by atoms with Crippen molar-refractivity contribution in [2.45, 2.75) is 27.7 Å². The van der Waals surface area contributed by atoms with Crippen molar-refractivity contribution in [1.82, 2.24) is 4.98 Å². The number of allylic oxidation sites excluding steroid dienone is 3. The number of hydrogen-bond donors (Lipinski definition) is 2. The van der Waals surface area contributed by atoms with Gasteiger partial charge in [0.15, 0.2) is 0 Å². The molecule has 2 rings (SSSR count). The predicted molar refractivity (Wildman–Crippen MR) is 80.1 cm³/mol. The molecule has 1 aromatic heterocycles. The highest BCUT2D eigenvalue weighted by Crippen LogP contribution is 2.46. The summed E-state index contributed by atoms with van der Waals surface area (Å²) in [5.41, 5.74) is 8.20. The van der Waals surface area contributed by atoms with Crippen molar-refractivity contribution in [2.75, 3.05) is 5.73 Å². The molecule has 1 heterocycles. The van der Waals surface area contributed by atoms with Gasteiger partial charge in [-0.2, -0.15) is 0 Å². The molecule has 0 saturated carbocycles. The monoisotopic (exact) mass is 272 g/mol. The predicted octanol–water partition coefficient (Wildman–Crippen LogP) is 2.96. The van der Waals surface area contributed by atoms with Crippen molar-refractivity contribution in [2.24, 2.45) is 11.3 Å². The molecule has 0 spiro atoms. The van der Waals surface area contributed by atoms with E-state index in [0.717, 1.165) is 22.4 Å². The van der Waals surface area contributed by atoms with E-state index >= 15 is 0 Å². The first-order valence-electron chi connectivity index (χ1n) is 6.65. The maximum Gasteiger partial charge on any atom is 0.314 e. The highest BCUT2D eigenvalue weighted by atomic mass is 16.4. The Kier molecular flexibility index (Phi) is 3.42. The Morgan fingerprint density at radius 3 is 2.65 bits per heavy atom. The quantitative estimate of drug-likeness (QED) is 0.867. The molecule has 2 unspecified atom stereocenters. The third-order valence-corrected chi connectivity index (χ3v) is 4.26. The van der Waals surface area contributed by atoms with Gasteiger partial charge in [0.25, 0.3) is 0 Å². The van der Waals surface area contributed by atoms with Gasteiger partial charge in [0.05, 0.1) is 5.41 Å². The fourth-order valence-corrected chi connectivity index (χ4v) is 2.85. The summed E-state index contributed by atoms with van der Waals surface area (Å²) in [6.07, 6.45) is 5.72. The maximum atomic E-state index is 11.8. The van der Waals surface area contributed by atoms with E-state index in [-0.39, 0.29) is 5.92 Å². The number of rotatable bonds is 2. The van der Waals surface area contributed by atoms with Gasteiger partial charge in [0, 0.05) is 11.3 Å². The normalized spacial score (nSPS) is 25.4. The number of hydrogen-bond acceptors (Lipinski definition) is 3. The Morgan fingerprint density at radius 2 is 2.10 bits per heavy atom. The second-order valence-corrected chi connectivity index (χ2v) is 5.59. The topological polar surface area (TPSA) is 76.2 Å². The second kappa shape index (κ2) is 4.78. The van der Waals surface area contributed by atoms with Crippen LogP contribution < -0.4 is 5.73 Å². The minimum atomic E-state index is -0.956. The third-order valence-electron chi connectivity index (χ3n) is 4.26. The first kappa shape index (κ1) is 14.3. The number of nitrogens with two attached hydrogens (primary N) is 1. The minimum Gasteiger partial charge on any atom is -0.481 e. The summed E-state index contributed by atoms with van der Waals surface area (Å²) in [4.78, 5) is 16.1. The Morgan fingerprint density at radius 1 is 1.45 bits per heavy atom. The fourth-order valence-electron chi connectivity index (χ4n) is 2.85. The Hall–Kier alpha value is -2.10. The highest BCUT2D eigenvalue weighted by molar-refractivity contribution is 5.94. The average molecular weight is 272 g/mol. The Bertz CT molecular complexity index is 608. The number of anilines is 1. The summed E-state index contributed by atoms with van der Waals surface area (Å²) < 4.78 is 0. The lowest BCUT2D eigenvalue weighted by atomic mass is 9.67. The molecule has 0 aromatic carbocycles. The summed E-state index contributed by atoms with van der Waals surface area (Å²) in [6, 6.07) is 1.79. The molecule has 1 aliphatic carbocycles. The average Bonchev–Trinajstić information content (AvgIpc) is 2.33. The zero-order valence-electron chi connectivity index (χ0n) is 12.3. The van der Waals surface area contributed by atoms with Gasteiger partial charge in [0.1, 0.15) is 5.82 Å². The summed E-state index contributed by atoms with van der Waals surface area (Å²) >= 11 is 0. The minimum absolute atomic E-state index is 0.0867. The van der Waals surface area contributed by atoms with Crippen LogP contribution in [0.25, 0.3) is 5.57 Å². The number of nitrogen functional groups attached to an aromatic ring is 1. The van der Waals surface area contributed by atoms with Crippen LogP contribution in [0.15, 0.2) is 24.3 Å². The van der Waals surface area contributed by atoms with Crippen LogP contribution in [-0.2, 0) is 4.79 Å². The number of carbonyl (C=O) groups is 1. The molecule has 0 aliphatic heterocycles. The van der Waals surface area contributed by atoms with Gasteiger partial charge in [-0.15, -0.1) is 0 Å². The van der Waals surface area contributed by atoms with E-state index in [4.69, 9.17) is 5.73 Å². The number of carboxylic acid groups (broad SMARTS) is 1. The largest absolute Gasteiger partial charge is 0.481 e. The van der Waals surface area contributed by atoms with E-state index in [9.17, 15) is 9.90 Å². The van der Waals surface area contributed by atoms with E-state index in [1.165, 1.54) is 0 Å². The third kappa shape index (κ3) is 2.01. The molecule has 0 radical (unpaired) electrons. The molecule has 1 aromatic rings. The molecule has 0 saturated heterocycles.